The Balaban J connectivity index is 1.96. The van der Waals surface area contributed by atoms with Crippen molar-refractivity contribution in [3.8, 4) is 5.75 Å². The molecule has 3 rings (SSSR count). The van der Waals surface area contributed by atoms with E-state index in [1.54, 1.807) is 7.11 Å². The number of hydrogen-bond acceptors (Lipinski definition) is 4. The summed E-state index contributed by atoms with van der Waals surface area (Å²) in [5.74, 6) is 3.40. The van der Waals surface area contributed by atoms with Gasteiger partial charge >= 0.3 is 0 Å². The van der Waals surface area contributed by atoms with Crippen molar-refractivity contribution in [3.63, 3.8) is 0 Å². The molecule has 0 spiro atoms. The second kappa shape index (κ2) is 4.09. The summed E-state index contributed by atoms with van der Waals surface area (Å²) in [7, 11) is 1.71. The van der Waals surface area contributed by atoms with Crippen LogP contribution in [0, 0.1) is 0 Å². The first kappa shape index (κ1) is 10.1. The summed E-state index contributed by atoms with van der Waals surface area (Å²) in [6.45, 7) is 2.21. The molecule has 1 N–H and O–H groups in total. The first-order valence-electron chi connectivity index (χ1n) is 5.65. The first-order valence-corrected chi connectivity index (χ1v) is 6.80. The summed E-state index contributed by atoms with van der Waals surface area (Å²) < 4.78 is 5.25. The number of methoxy groups -OCH3 is 1. The highest BCUT2D eigenvalue weighted by Crippen LogP contribution is 2.36. The van der Waals surface area contributed by atoms with E-state index in [0.29, 0.717) is 6.04 Å². The number of anilines is 2. The van der Waals surface area contributed by atoms with Crippen LogP contribution in [0.2, 0.25) is 0 Å². The van der Waals surface area contributed by atoms with Crippen molar-refractivity contribution in [2.24, 2.45) is 0 Å². The van der Waals surface area contributed by atoms with Crippen LogP contribution in [0.4, 0.5) is 11.4 Å². The molecule has 1 aromatic rings. The number of nitrogens with zero attached hydrogens (tertiary/aromatic N) is 1. The lowest BCUT2D eigenvalue weighted by Crippen LogP contribution is -2.49. The van der Waals surface area contributed by atoms with E-state index in [-0.39, 0.29) is 0 Å². The highest BCUT2D eigenvalue weighted by Gasteiger charge is 2.28. The quantitative estimate of drug-likeness (QED) is 0.806. The lowest BCUT2D eigenvalue weighted by molar-refractivity contribution is 0.415. The summed E-state index contributed by atoms with van der Waals surface area (Å²) in [6, 6.07) is 6.96. The van der Waals surface area contributed by atoms with Crippen molar-refractivity contribution in [1.82, 2.24) is 0 Å². The second-order valence-electron chi connectivity index (χ2n) is 4.19. The zero-order valence-corrected chi connectivity index (χ0v) is 10.2. The van der Waals surface area contributed by atoms with Crippen LogP contribution < -0.4 is 15.0 Å². The van der Waals surface area contributed by atoms with Gasteiger partial charge in [-0.15, -0.1) is 0 Å². The monoisotopic (exact) mass is 236 g/mol. The van der Waals surface area contributed by atoms with Crippen LogP contribution in [0.25, 0.3) is 0 Å². The van der Waals surface area contributed by atoms with Gasteiger partial charge in [-0.1, -0.05) is 0 Å². The predicted molar refractivity (Wildman–Crippen MR) is 69.9 cm³/mol. The van der Waals surface area contributed by atoms with Gasteiger partial charge in [0.1, 0.15) is 5.75 Å². The van der Waals surface area contributed by atoms with Gasteiger partial charge in [-0.3, -0.25) is 0 Å². The molecular weight excluding hydrogens is 220 g/mol. The molecule has 2 heterocycles. The van der Waals surface area contributed by atoms with Crippen molar-refractivity contribution >= 4 is 23.1 Å². The van der Waals surface area contributed by atoms with Crippen molar-refractivity contribution in [2.75, 3.05) is 41.9 Å². The molecule has 0 aromatic heterocycles. The fourth-order valence-electron chi connectivity index (χ4n) is 2.40. The lowest BCUT2D eigenvalue weighted by Gasteiger charge is -2.42. The summed E-state index contributed by atoms with van der Waals surface area (Å²) in [5.41, 5.74) is 2.54. The molecule has 1 aromatic carbocycles. The number of fused-ring (bicyclic) bond motifs is 3. The summed E-state index contributed by atoms with van der Waals surface area (Å²) in [5, 5.41) is 3.50. The number of benzene rings is 1. The molecule has 0 saturated carbocycles. The molecule has 1 fully saturated rings. The van der Waals surface area contributed by atoms with E-state index in [1.165, 1.54) is 22.9 Å². The molecule has 0 amide bonds. The summed E-state index contributed by atoms with van der Waals surface area (Å²) in [6.07, 6.45) is 0. The molecule has 2 aliphatic rings. The molecule has 0 aliphatic carbocycles. The van der Waals surface area contributed by atoms with Crippen LogP contribution in [-0.4, -0.2) is 37.7 Å². The van der Waals surface area contributed by atoms with Gasteiger partial charge in [0.25, 0.3) is 0 Å². The minimum atomic E-state index is 0.652. The van der Waals surface area contributed by atoms with Crippen LogP contribution >= 0.6 is 11.8 Å². The molecule has 1 saturated heterocycles. The zero-order chi connectivity index (χ0) is 11.0. The van der Waals surface area contributed by atoms with E-state index >= 15 is 0 Å². The fourth-order valence-corrected chi connectivity index (χ4v) is 3.47. The van der Waals surface area contributed by atoms with E-state index in [4.69, 9.17) is 4.74 Å². The number of hydrogen-bond donors (Lipinski definition) is 1. The van der Waals surface area contributed by atoms with Crippen LogP contribution in [0.15, 0.2) is 18.2 Å². The smallest absolute Gasteiger partial charge is 0.121 e. The van der Waals surface area contributed by atoms with Gasteiger partial charge in [0.2, 0.25) is 0 Å². The summed E-state index contributed by atoms with van der Waals surface area (Å²) >= 11 is 2.06. The number of thioether (sulfide) groups is 1. The predicted octanol–water partition coefficient (Wildman–Crippen LogP) is 2.04. The molecule has 0 bridgehead atoms. The maximum Gasteiger partial charge on any atom is 0.121 e. The third-order valence-corrected chi connectivity index (χ3v) is 4.36. The van der Waals surface area contributed by atoms with Crippen molar-refractivity contribution < 1.29 is 4.74 Å². The highest BCUT2D eigenvalue weighted by molar-refractivity contribution is 7.99. The molecule has 1 unspecified atom stereocenters. The van der Waals surface area contributed by atoms with E-state index in [0.717, 1.165) is 18.8 Å². The third kappa shape index (κ3) is 1.61. The molecule has 4 heteroatoms. The summed E-state index contributed by atoms with van der Waals surface area (Å²) in [4.78, 5) is 2.53. The molecular formula is C12H16N2OS. The molecule has 1 atom stereocenters. The Hall–Kier alpha value is -1.03. The number of ether oxygens (including phenoxy) is 1. The van der Waals surface area contributed by atoms with Crippen LogP contribution in [0.5, 0.6) is 5.75 Å². The van der Waals surface area contributed by atoms with Gasteiger partial charge in [0.05, 0.1) is 24.5 Å². The Bertz CT molecular complexity index is 397. The Labute approximate surface area is 100 Å². The largest absolute Gasteiger partial charge is 0.497 e. The molecule has 0 radical (unpaired) electrons. The molecule has 3 nitrogen and oxygen atoms in total. The maximum absolute atomic E-state index is 5.25. The van der Waals surface area contributed by atoms with Gasteiger partial charge in [0.15, 0.2) is 0 Å². The van der Waals surface area contributed by atoms with E-state index in [9.17, 15) is 0 Å². The van der Waals surface area contributed by atoms with Gasteiger partial charge in [-0.05, 0) is 12.1 Å². The minimum absolute atomic E-state index is 0.652. The normalized spacial score (nSPS) is 23.1. The van der Waals surface area contributed by atoms with Crippen molar-refractivity contribution in [1.29, 1.82) is 0 Å². The SMILES string of the molecule is COc1ccc2c(c1)NCC1CSCCN21. The van der Waals surface area contributed by atoms with Crippen LogP contribution in [-0.2, 0) is 0 Å². The van der Waals surface area contributed by atoms with Crippen molar-refractivity contribution in [2.45, 2.75) is 6.04 Å². The maximum atomic E-state index is 5.25. The molecule has 86 valence electrons. The van der Waals surface area contributed by atoms with Gasteiger partial charge in [-0.25, -0.2) is 0 Å². The van der Waals surface area contributed by atoms with E-state index < -0.39 is 0 Å². The Morgan fingerprint density at radius 1 is 1.50 bits per heavy atom. The van der Waals surface area contributed by atoms with Gasteiger partial charge < -0.3 is 15.0 Å². The van der Waals surface area contributed by atoms with E-state index in [2.05, 4.69) is 34.1 Å². The first-order chi connectivity index (χ1) is 7.88. The third-order valence-electron chi connectivity index (χ3n) is 3.27. The zero-order valence-electron chi connectivity index (χ0n) is 9.40. The van der Waals surface area contributed by atoms with Crippen LogP contribution in [0.1, 0.15) is 0 Å². The van der Waals surface area contributed by atoms with Crippen LogP contribution in [0.3, 0.4) is 0 Å². The Kier molecular flexibility index (Phi) is 2.59. The van der Waals surface area contributed by atoms with Crippen molar-refractivity contribution in [3.05, 3.63) is 18.2 Å². The molecule has 2 aliphatic heterocycles. The average Bonchev–Trinajstić information content (AvgIpc) is 2.38. The Morgan fingerprint density at radius 3 is 3.31 bits per heavy atom. The standard InChI is InChI=1S/C12H16N2OS/c1-15-10-2-3-12-11(6-10)13-7-9-8-16-5-4-14(9)12/h2-3,6,9,13H,4-5,7-8H2,1H3. The lowest BCUT2D eigenvalue weighted by atomic mass is 10.1. The molecule has 16 heavy (non-hydrogen) atoms. The average molecular weight is 236 g/mol. The second-order valence-corrected chi connectivity index (χ2v) is 5.34. The van der Waals surface area contributed by atoms with E-state index in [1.807, 2.05) is 6.07 Å². The van der Waals surface area contributed by atoms with Gasteiger partial charge in [-0.2, -0.15) is 11.8 Å². The Morgan fingerprint density at radius 2 is 2.44 bits per heavy atom. The topological polar surface area (TPSA) is 24.5 Å². The minimum Gasteiger partial charge on any atom is -0.497 e. The van der Waals surface area contributed by atoms with Gasteiger partial charge in [0, 0.05) is 30.7 Å². The fraction of sp³-hybridized carbons (Fsp3) is 0.500. The number of rotatable bonds is 1. The highest BCUT2D eigenvalue weighted by atomic mass is 32.2. The number of nitrogens with one attached hydrogen (secondary N) is 1.